The first-order valence-corrected chi connectivity index (χ1v) is 8.64. The van der Waals surface area contributed by atoms with E-state index in [-0.39, 0.29) is 18.2 Å². The van der Waals surface area contributed by atoms with Crippen LogP contribution in [0.15, 0.2) is 48.5 Å². The van der Waals surface area contributed by atoms with Crippen molar-refractivity contribution >= 4 is 11.8 Å². The highest BCUT2D eigenvalue weighted by molar-refractivity contribution is 5.90. The topological polar surface area (TPSA) is 70.2 Å². The third-order valence-corrected chi connectivity index (χ3v) is 4.59. The van der Waals surface area contributed by atoms with Crippen LogP contribution in [0.2, 0.25) is 0 Å². The Hall–Kier alpha value is -2.80. The zero-order valence-corrected chi connectivity index (χ0v) is 15.1. The Labute approximate surface area is 156 Å². The van der Waals surface area contributed by atoms with E-state index >= 15 is 0 Å². The summed E-state index contributed by atoms with van der Waals surface area (Å²) in [4.78, 5) is 24.8. The van der Waals surface area contributed by atoms with Crippen LogP contribution in [0.3, 0.4) is 0 Å². The lowest BCUT2D eigenvalue weighted by atomic mass is 9.93. The highest BCUT2D eigenvalue weighted by Gasteiger charge is 2.34. The summed E-state index contributed by atoms with van der Waals surface area (Å²) < 4.78 is 26.7. The molecule has 1 fully saturated rings. The van der Waals surface area contributed by atoms with Gasteiger partial charge in [0.05, 0.1) is 18.0 Å². The van der Waals surface area contributed by atoms with Gasteiger partial charge in [-0.3, -0.25) is 14.9 Å². The highest BCUT2D eigenvalue weighted by Crippen LogP contribution is 2.23. The minimum atomic E-state index is -0.978. The van der Waals surface area contributed by atoms with Crippen LogP contribution < -0.4 is 16.0 Å². The van der Waals surface area contributed by atoms with Crippen LogP contribution in [0.5, 0.6) is 0 Å². The van der Waals surface area contributed by atoms with E-state index in [9.17, 15) is 18.4 Å². The van der Waals surface area contributed by atoms with Crippen LogP contribution in [0.4, 0.5) is 8.78 Å². The highest BCUT2D eigenvalue weighted by atomic mass is 19.2. The lowest BCUT2D eigenvalue weighted by Gasteiger charge is -2.34. The van der Waals surface area contributed by atoms with Crippen LogP contribution in [0, 0.1) is 11.6 Å². The van der Waals surface area contributed by atoms with Crippen molar-refractivity contribution in [3.05, 3.63) is 71.3 Å². The second kappa shape index (κ2) is 7.44. The van der Waals surface area contributed by atoms with Crippen molar-refractivity contribution in [1.82, 2.24) is 16.0 Å². The quantitative estimate of drug-likeness (QED) is 0.771. The molecule has 1 aliphatic rings. The molecular weight excluding hydrogens is 352 g/mol. The molecular formula is C20H21F2N3O2. The summed E-state index contributed by atoms with van der Waals surface area (Å²) in [6.07, 6.45) is -0.488. The van der Waals surface area contributed by atoms with Crippen molar-refractivity contribution in [2.75, 3.05) is 0 Å². The SMILES string of the molecule is CC(C)(NC(=O)C1CC(=O)NC(c2ccccc2)N1)c1ccc(F)c(F)c1. The van der Waals surface area contributed by atoms with E-state index in [0.717, 1.165) is 17.7 Å². The Morgan fingerprint density at radius 1 is 1.11 bits per heavy atom. The molecule has 2 atom stereocenters. The second-order valence-corrected chi connectivity index (χ2v) is 7.08. The lowest BCUT2D eigenvalue weighted by Crippen LogP contribution is -2.58. The molecule has 0 aromatic heterocycles. The van der Waals surface area contributed by atoms with Gasteiger partial charge in [0.25, 0.3) is 0 Å². The molecule has 3 rings (SSSR count). The van der Waals surface area contributed by atoms with Gasteiger partial charge in [-0.25, -0.2) is 8.78 Å². The predicted molar refractivity (Wildman–Crippen MR) is 96.4 cm³/mol. The van der Waals surface area contributed by atoms with Crippen molar-refractivity contribution in [2.24, 2.45) is 0 Å². The minimum Gasteiger partial charge on any atom is -0.346 e. The van der Waals surface area contributed by atoms with Gasteiger partial charge in [-0.2, -0.15) is 0 Å². The zero-order valence-electron chi connectivity index (χ0n) is 15.1. The Morgan fingerprint density at radius 3 is 2.48 bits per heavy atom. The fourth-order valence-electron chi connectivity index (χ4n) is 3.05. The lowest BCUT2D eigenvalue weighted by molar-refractivity contribution is -0.132. The van der Waals surface area contributed by atoms with Gasteiger partial charge in [-0.15, -0.1) is 0 Å². The molecule has 27 heavy (non-hydrogen) atoms. The summed E-state index contributed by atoms with van der Waals surface area (Å²) in [7, 11) is 0. The fraction of sp³-hybridized carbons (Fsp3) is 0.300. The number of carbonyl (C=O) groups excluding carboxylic acids is 2. The monoisotopic (exact) mass is 373 g/mol. The molecule has 142 valence electrons. The molecule has 2 aromatic carbocycles. The second-order valence-electron chi connectivity index (χ2n) is 7.08. The largest absolute Gasteiger partial charge is 0.346 e. The number of benzene rings is 2. The molecule has 1 saturated heterocycles. The summed E-state index contributed by atoms with van der Waals surface area (Å²) in [5, 5.41) is 8.73. The molecule has 1 aliphatic heterocycles. The Bertz CT molecular complexity index is 856. The van der Waals surface area contributed by atoms with Crippen molar-refractivity contribution < 1.29 is 18.4 Å². The van der Waals surface area contributed by atoms with E-state index in [4.69, 9.17) is 0 Å². The van der Waals surface area contributed by atoms with E-state index in [0.29, 0.717) is 5.56 Å². The van der Waals surface area contributed by atoms with Crippen LogP contribution in [0.1, 0.15) is 37.6 Å². The smallest absolute Gasteiger partial charge is 0.238 e. The third-order valence-electron chi connectivity index (χ3n) is 4.59. The number of nitrogens with one attached hydrogen (secondary N) is 3. The van der Waals surface area contributed by atoms with Gasteiger partial charge in [0.1, 0.15) is 6.17 Å². The molecule has 0 aliphatic carbocycles. The Morgan fingerprint density at radius 2 is 1.81 bits per heavy atom. The number of rotatable bonds is 4. The summed E-state index contributed by atoms with van der Waals surface area (Å²) >= 11 is 0. The maximum absolute atomic E-state index is 13.5. The number of carbonyl (C=O) groups is 2. The third kappa shape index (κ3) is 4.31. The van der Waals surface area contributed by atoms with E-state index in [1.807, 2.05) is 30.3 Å². The van der Waals surface area contributed by atoms with Crippen molar-refractivity contribution in [2.45, 2.75) is 38.0 Å². The van der Waals surface area contributed by atoms with E-state index in [2.05, 4.69) is 16.0 Å². The molecule has 7 heteroatoms. The van der Waals surface area contributed by atoms with Crippen molar-refractivity contribution in [3.63, 3.8) is 0 Å². The summed E-state index contributed by atoms with van der Waals surface area (Å²) in [6, 6.07) is 12.0. The Kier molecular flexibility index (Phi) is 5.23. The first-order chi connectivity index (χ1) is 12.8. The number of hydrogen-bond acceptors (Lipinski definition) is 3. The Balaban J connectivity index is 1.74. The summed E-state index contributed by atoms with van der Waals surface area (Å²) in [6.45, 7) is 3.38. The molecule has 0 radical (unpaired) electrons. The van der Waals surface area contributed by atoms with E-state index < -0.39 is 29.4 Å². The minimum absolute atomic E-state index is 0.0109. The van der Waals surface area contributed by atoms with Gasteiger partial charge >= 0.3 is 0 Å². The summed E-state index contributed by atoms with van der Waals surface area (Å²) in [5.74, 6) is -2.56. The van der Waals surface area contributed by atoms with Gasteiger partial charge in [0, 0.05) is 0 Å². The number of amides is 2. The fourth-order valence-corrected chi connectivity index (χ4v) is 3.05. The van der Waals surface area contributed by atoms with Crippen LogP contribution in [0.25, 0.3) is 0 Å². The average molecular weight is 373 g/mol. The molecule has 0 saturated carbocycles. The van der Waals surface area contributed by atoms with Crippen molar-refractivity contribution in [1.29, 1.82) is 0 Å². The molecule has 0 bridgehead atoms. The van der Waals surface area contributed by atoms with Gasteiger partial charge < -0.3 is 10.6 Å². The maximum atomic E-state index is 13.5. The average Bonchev–Trinajstić information content (AvgIpc) is 2.63. The number of halogens is 2. The predicted octanol–water partition coefficient (Wildman–Crippen LogP) is 2.49. The normalized spacial score (nSPS) is 20.1. The molecule has 2 aromatic rings. The number of hydrogen-bond donors (Lipinski definition) is 3. The molecule has 2 unspecified atom stereocenters. The first kappa shape index (κ1) is 19.0. The van der Waals surface area contributed by atoms with Crippen molar-refractivity contribution in [3.8, 4) is 0 Å². The van der Waals surface area contributed by atoms with Crippen LogP contribution in [-0.2, 0) is 15.1 Å². The first-order valence-electron chi connectivity index (χ1n) is 8.64. The molecule has 3 N–H and O–H groups in total. The maximum Gasteiger partial charge on any atom is 0.238 e. The molecule has 2 amide bonds. The van der Waals surface area contributed by atoms with Gasteiger partial charge in [-0.05, 0) is 37.1 Å². The molecule has 5 nitrogen and oxygen atoms in total. The van der Waals surface area contributed by atoms with Crippen LogP contribution in [-0.4, -0.2) is 17.9 Å². The van der Waals surface area contributed by atoms with E-state index in [1.54, 1.807) is 13.8 Å². The van der Waals surface area contributed by atoms with Gasteiger partial charge in [-0.1, -0.05) is 36.4 Å². The summed E-state index contributed by atoms with van der Waals surface area (Å²) in [5.41, 5.74) is 0.321. The van der Waals surface area contributed by atoms with Gasteiger partial charge in [0.15, 0.2) is 11.6 Å². The zero-order chi connectivity index (χ0) is 19.6. The standard InChI is InChI=1S/C20H21F2N3O2/c1-20(2,13-8-9-14(21)15(22)10-13)25-19(27)16-11-17(26)24-18(23-16)12-6-4-3-5-7-12/h3-10,16,18,23H,11H2,1-2H3,(H,24,26)(H,25,27). The van der Waals surface area contributed by atoms with Gasteiger partial charge in [0.2, 0.25) is 11.8 Å². The van der Waals surface area contributed by atoms with E-state index in [1.165, 1.54) is 6.07 Å². The molecule has 1 heterocycles. The molecule has 0 spiro atoms. The van der Waals surface area contributed by atoms with Crippen LogP contribution >= 0.6 is 0 Å².